The summed E-state index contributed by atoms with van der Waals surface area (Å²) in [5.41, 5.74) is 1.00. The van der Waals surface area contributed by atoms with Crippen molar-refractivity contribution >= 4 is 17.5 Å². The molecule has 0 radical (unpaired) electrons. The second kappa shape index (κ2) is 5.46. The summed E-state index contributed by atoms with van der Waals surface area (Å²) in [5.74, 6) is 0.580. The smallest absolute Gasteiger partial charge is 0.274 e. The maximum absolute atomic E-state index is 12.0. The molecule has 0 fully saturated rings. The second-order valence-electron chi connectivity index (χ2n) is 4.86. The van der Waals surface area contributed by atoms with Gasteiger partial charge < -0.3 is 0 Å². The molecule has 21 heavy (non-hydrogen) atoms. The molecule has 0 saturated heterocycles. The van der Waals surface area contributed by atoms with Crippen molar-refractivity contribution in [2.24, 2.45) is 0 Å². The average Bonchev–Trinajstić information content (AvgIpc) is 3.06. The summed E-state index contributed by atoms with van der Waals surface area (Å²) in [5, 5.41) is 6.14. The van der Waals surface area contributed by atoms with Crippen molar-refractivity contribution in [3.8, 4) is 0 Å². The van der Waals surface area contributed by atoms with Gasteiger partial charge in [0.2, 0.25) is 5.82 Å². The third-order valence-electron chi connectivity index (χ3n) is 3.65. The van der Waals surface area contributed by atoms with Crippen molar-refractivity contribution in [1.29, 1.82) is 0 Å². The van der Waals surface area contributed by atoms with Crippen LogP contribution in [-0.4, -0.2) is 39.9 Å². The van der Waals surface area contributed by atoms with Crippen LogP contribution < -0.4 is 0 Å². The molecule has 0 bridgehead atoms. The van der Waals surface area contributed by atoms with E-state index in [1.807, 2.05) is 24.3 Å². The molecule has 7 heteroatoms. The van der Waals surface area contributed by atoms with Crippen LogP contribution in [0.2, 0.25) is 5.02 Å². The van der Waals surface area contributed by atoms with E-state index in [9.17, 15) is 4.79 Å². The van der Waals surface area contributed by atoms with Gasteiger partial charge in [0.1, 0.15) is 5.82 Å². The van der Waals surface area contributed by atoms with E-state index in [0.717, 1.165) is 29.3 Å². The van der Waals surface area contributed by atoms with Gasteiger partial charge in [-0.3, -0.25) is 9.63 Å². The molecule has 1 aromatic carbocycles. The zero-order valence-electron chi connectivity index (χ0n) is 11.8. The zero-order chi connectivity index (χ0) is 15.0. The Morgan fingerprint density at radius 2 is 2.24 bits per heavy atom. The van der Waals surface area contributed by atoms with Crippen molar-refractivity contribution in [3.05, 3.63) is 46.5 Å². The van der Waals surface area contributed by atoms with Crippen molar-refractivity contribution in [2.75, 3.05) is 14.2 Å². The molecule has 1 aromatic heterocycles. The molecule has 6 nitrogen and oxygen atoms in total. The Hall–Kier alpha value is -1.92. The standard InChI is InChI=1S/C14H15ClN4O2/c1-18(21-2)14(20)13-16-12-8-7-11(19(12)17-13)9-5-3-4-6-10(9)15/h3-6,11H,7-8H2,1-2H3. The molecule has 110 valence electrons. The lowest BCUT2D eigenvalue weighted by atomic mass is 10.1. The number of aromatic nitrogens is 3. The lowest BCUT2D eigenvalue weighted by Crippen LogP contribution is -2.26. The fourth-order valence-electron chi connectivity index (χ4n) is 2.51. The first kappa shape index (κ1) is 14.0. The molecule has 3 rings (SSSR count). The third kappa shape index (κ3) is 2.41. The van der Waals surface area contributed by atoms with Gasteiger partial charge in [-0.05, 0) is 18.1 Å². The average molecular weight is 307 g/mol. The van der Waals surface area contributed by atoms with E-state index >= 15 is 0 Å². The minimum absolute atomic E-state index is 0.0237. The highest BCUT2D eigenvalue weighted by molar-refractivity contribution is 6.31. The summed E-state index contributed by atoms with van der Waals surface area (Å²) in [6, 6.07) is 7.70. The largest absolute Gasteiger partial charge is 0.316 e. The van der Waals surface area contributed by atoms with Gasteiger partial charge in [-0.2, -0.15) is 0 Å². The minimum Gasteiger partial charge on any atom is -0.274 e. The number of carbonyl (C=O) groups is 1. The van der Waals surface area contributed by atoms with Crippen LogP contribution in [0.3, 0.4) is 0 Å². The lowest BCUT2D eigenvalue weighted by molar-refractivity contribution is -0.0764. The predicted octanol–water partition coefficient (Wildman–Crippen LogP) is 2.10. The number of halogens is 1. The van der Waals surface area contributed by atoms with Gasteiger partial charge in [-0.15, -0.1) is 5.10 Å². The highest BCUT2D eigenvalue weighted by Gasteiger charge is 2.30. The molecule has 1 aliphatic heterocycles. The topological polar surface area (TPSA) is 60.2 Å². The molecule has 1 aliphatic rings. The Morgan fingerprint density at radius 3 is 2.95 bits per heavy atom. The zero-order valence-corrected chi connectivity index (χ0v) is 12.5. The van der Waals surface area contributed by atoms with E-state index in [4.69, 9.17) is 16.4 Å². The third-order valence-corrected chi connectivity index (χ3v) is 4.00. The van der Waals surface area contributed by atoms with E-state index in [0.29, 0.717) is 5.02 Å². The minimum atomic E-state index is -0.364. The number of fused-ring (bicyclic) bond motifs is 1. The molecule has 0 spiro atoms. The van der Waals surface area contributed by atoms with Crippen LogP contribution in [0.15, 0.2) is 24.3 Å². The lowest BCUT2D eigenvalue weighted by Gasteiger charge is -2.14. The molecular weight excluding hydrogens is 292 g/mol. The number of hydrogen-bond acceptors (Lipinski definition) is 4. The van der Waals surface area contributed by atoms with Crippen LogP contribution in [0.5, 0.6) is 0 Å². The maximum Gasteiger partial charge on any atom is 0.316 e. The summed E-state index contributed by atoms with van der Waals surface area (Å²) in [6.07, 6.45) is 1.65. The van der Waals surface area contributed by atoms with Gasteiger partial charge in [0.15, 0.2) is 0 Å². The molecule has 0 saturated carbocycles. The van der Waals surface area contributed by atoms with E-state index in [1.165, 1.54) is 14.2 Å². The molecule has 2 aromatic rings. The first-order valence-electron chi connectivity index (χ1n) is 6.64. The molecular formula is C14H15ClN4O2. The molecule has 0 aliphatic carbocycles. The summed E-state index contributed by atoms with van der Waals surface area (Å²) >= 11 is 6.26. The fraction of sp³-hybridized carbons (Fsp3) is 0.357. The SMILES string of the molecule is CON(C)C(=O)c1nc2n(n1)C(c1ccccc1Cl)CC2. The monoisotopic (exact) mass is 306 g/mol. The molecule has 1 unspecified atom stereocenters. The summed E-state index contributed by atoms with van der Waals surface area (Å²) in [4.78, 5) is 21.2. The maximum atomic E-state index is 12.0. The van der Waals surface area contributed by atoms with Crippen molar-refractivity contribution in [3.63, 3.8) is 0 Å². The van der Waals surface area contributed by atoms with Crippen molar-refractivity contribution in [1.82, 2.24) is 19.8 Å². The van der Waals surface area contributed by atoms with E-state index < -0.39 is 0 Å². The number of benzene rings is 1. The summed E-state index contributed by atoms with van der Waals surface area (Å²) in [6.45, 7) is 0. The van der Waals surface area contributed by atoms with E-state index in [2.05, 4.69) is 10.1 Å². The first-order valence-corrected chi connectivity index (χ1v) is 7.01. The Kier molecular flexibility index (Phi) is 3.65. The van der Waals surface area contributed by atoms with Crippen LogP contribution >= 0.6 is 11.6 Å². The summed E-state index contributed by atoms with van der Waals surface area (Å²) < 4.78 is 1.79. The number of rotatable bonds is 3. The van der Waals surface area contributed by atoms with Gasteiger partial charge in [-0.25, -0.2) is 14.7 Å². The number of carbonyl (C=O) groups excluding carboxylic acids is 1. The van der Waals surface area contributed by atoms with Crippen molar-refractivity contribution < 1.29 is 9.63 Å². The quantitative estimate of drug-likeness (QED) is 0.815. The van der Waals surface area contributed by atoms with Gasteiger partial charge in [0.05, 0.1) is 13.2 Å². The second-order valence-corrected chi connectivity index (χ2v) is 5.26. The van der Waals surface area contributed by atoms with Crippen LogP contribution in [-0.2, 0) is 11.3 Å². The number of aryl methyl sites for hydroxylation is 1. The highest BCUT2D eigenvalue weighted by atomic mass is 35.5. The Balaban J connectivity index is 1.94. The fourth-order valence-corrected chi connectivity index (χ4v) is 2.77. The van der Waals surface area contributed by atoms with Gasteiger partial charge in [0, 0.05) is 18.5 Å². The Labute approximate surface area is 127 Å². The number of amides is 1. The molecule has 2 heterocycles. The summed E-state index contributed by atoms with van der Waals surface area (Å²) in [7, 11) is 2.95. The van der Waals surface area contributed by atoms with Gasteiger partial charge in [0.25, 0.3) is 0 Å². The molecule has 1 amide bonds. The number of hydrogen-bond donors (Lipinski definition) is 0. The molecule has 1 atom stereocenters. The van der Waals surface area contributed by atoms with E-state index in [1.54, 1.807) is 4.68 Å². The number of hydroxylamine groups is 2. The van der Waals surface area contributed by atoms with Gasteiger partial charge >= 0.3 is 5.91 Å². The van der Waals surface area contributed by atoms with Crippen LogP contribution in [0, 0.1) is 0 Å². The van der Waals surface area contributed by atoms with Crippen molar-refractivity contribution in [2.45, 2.75) is 18.9 Å². The van der Waals surface area contributed by atoms with E-state index in [-0.39, 0.29) is 17.8 Å². The Morgan fingerprint density at radius 1 is 1.48 bits per heavy atom. The van der Waals surface area contributed by atoms with Crippen LogP contribution in [0.4, 0.5) is 0 Å². The number of nitrogens with zero attached hydrogens (tertiary/aromatic N) is 4. The van der Waals surface area contributed by atoms with Crippen LogP contribution in [0.25, 0.3) is 0 Å². The molecule has 0 N–H and O–H groups in total. The predicted molar refractivity (Wildman–Crippen MR) is 77.0 cm³/mol. The highest BCUT2D eigenvalue weighted by Crippen LogP contribution is 2.34. The Bertz CT molecular complexity index is 685. The van der Waals surface area contributed by atoms with Crippen LogP contribution in [0.1, 0.15) is 34.5 Å². The van der Waals surface area contributed by atoms with Gasteiger partial charge in [-0.1, -0.05) is 29.8 Å². The normalized spacial score (nSPS) is 16.8. The first-order chi connectivity index (χ1) is 10.1.